The fourth-order valence-electron chi connectivity index (χ4n) is 2.50. The molecule has 1 aromatic carbocycles. The molecular weight excluding hydrogens is 286 g/mol. The predicted molar refractivity (Wildman–Crippen MR) is 86.5 cm³/mol. The third-order valence-corrected chi connectivity index (χ3v) is 4.72. The Labute approximate surface area is 128 Å². The lowest BCUT2D eigenvalue weighted by Crippen LogP contribution is -2.45. The molecule has 1 aliphatic rings. The van der Waals surface area contributed by atoms with Crippen LogP contribution in [0.15, 0.2) is 18.2 Å². The molecule has 1 aliphatic heterocycles. The molecule has 2 heterocycles. The molecule has 1 atom stereocenters. The number of nitrogens with zero attached hydrogens (tertiary/aromatic N) is 2. The summed E-state index contributed by atoms with van der Waals surface area (Å²) in [4.78, 5) is 7.01. The zero-order valence-electron chi connectivity index (χ0n) is 12.5. The number of anilines is 1. The van der Waals surface area contributed by atoms with Crippen molar-refractivity contribution in [3.8, 4) is 5.75 Å². The fourth-order valence-corrected chi connectivity index (χ4v) is 3.40. The summed E-state index contributed by atoms with van der Waals surface area (Å²) in [6.07, 6.45) is 0.236. The lowest BCUT2D eigenvalue weighted by molar-refractivity contribution is -0.0191. The van der Waals surface area contributed by atoms with Crippen LogP contribution >= 0.6 is 11.3 Å². The molecule has 6 heteroatoms. The number of aromatic nitrogens is 1. The number of likely N-dealkylation sites (N-methyl/N-ethyl adjacent to an activating group) is 1. The molecule has 1 fully saturated rings. The smallest absolute Gasteiger partial charge is 0.183 e. The van der Waals surface area contributed by atoms with E-state index in [9.17, 15) is 0 Å². The molecule has 1 saturated heterocycles. The van der Waals surface area contributed by atoms with Crippen LogP contribution < -0.4 is 10.1 Å². The largest absolute Gasteiger partial charge is 0.497 e. The number of ether oxygens (including phenoxy) is 2. The van der Waals surface area contributed by atoms with Gasteiger partial charge < -0.3 is 14.8 Å². The maximum absolute atomic E-state index is 5.80. The molecule has 21 heavy (non-hydrogen) atoms. The second kappa shape index (κ2) is 6.60. The fraction of sp³-hybridized carbons (Fsp3) is 0.533. The van der Waals surface area contributed by atoms with Crippen molar-refractivity contribution in [3.63, 3.8) is 0 Å². The lowest BCUT2D eigenvalue weighted by Gasteiger charge is -2.32. The Hall–Kier alpha value is -1.37. The number of methoxy groups -OCH3 is 1. The van der Waals surface area contributed by atoms with E-state index in [0.29, 0.717) is 0 Å². The van der Waals surface area contributed by atoms with E-state index in [4.69, 9.17) is 9.47 Å². The number of benzene rings is 1. The Balaban J connectivity index is 1.62. The molecule has 1 unspecified atom stereocenters. The summed E-state index contributed by atoms with van der Waals surface area (Å²) >= 11 is 1.65. The zero-order valence-corrected chi connectivity index (χ0v) is 13.3. The number of hydrogen-bond donors (Lipinski definition) is 1. The number of rotatable bonds is 5. The van der Waals surface area contributed by atoms with Gasteiger partial charge in [-0.05, 0) is 24.7 Å². The highest BCUT2D eigenvalue weighted by atomic mass is 32.1. The molecule has 1 N–H and O–H groups in total. The van der Waals surface area contributed by atoms with E-state index in [1.807, 2.05) is 18.2 Å². The van der Waals surface area contributed by atoms with Gasteiger partial charge >= 0.3 is 0 Å². The van der Waals surface area contributed by atoms with Gasteiger partial charge in [-0.1, -0.05) is 18.3 Å². The van der Waals surface area contributed by atoms with Gasteiger partial charge in [0, 0.05) is 19.6 Å². The normalized spacial score (nSPS) is 19.8. The Kier molecular flexibility index (Phi) is 4.57. The van der Waals surface area contributed by atoms with E-state index in [0.717, 1.165) is 53.9 Å². The molecule has 0 bridgehead atoms. The van der Waals surface area contributed by atoms with Gasteiger partial charge in [-0.25, -0.2) is 4.98 Å². The first kappa shape index (κ1) is 14.6. The third-order valence-electron chi connectivity index (χ3n) is 3.75. The van der Waals surface area contributed by atoms with Crippen molar-refractivity contribution in [2.24, 2.45) is 0 Å². The van der Waals surface area contributed by atoms with Gasteiger partial charge in [-0.2, -0.15) is 0 Å². The summed E-state index contributed by atoms with van der Waals surface area (Å²) in [7, 11) is 1.68. The van der Waals surface area contributed by atoms with E-state index in [2.05, 4.69) is 22.1 Å². The van der Waals surface area contributed by atoms with Crippen molar-refractivity contribution >= 4 is 26.7 Å². The molecule has 3 rings (SSSR count). The molecule has 1 aromatic heterocycles. The lowest BCUT2D eigenvalue weighted by atomic mass is 10.2. The van der Waals surface area contributed by atoms with E-state index in [-0.39, 0.29) is 6.10 Å². The number of fused-ring (bicyclic) bond motifs is 1. The van der Waals surface area contributed by atoms with Gasteiger partial charge in [0.1, 0.15) is 5.75 Å². The van der Waals surface area contributed by atoms with E-state index >= 15 is 0 Å². The Morgan fingerprint density at radius 2 is 2.43 bits per heavy atom. The topological polar surface area (TPSA) is 46.6 Å². The van der Waals surface area contributed by atoms with E-state index in [1.165, 1.54) is 0 Å². The first-order chi connectivity index (χ1) is 10.3. The molecule has 0 aliphatic carbocycles. The van der Waals surface area contributed by atoms with Crippen LogP contribution in [0, 0.1) is 0 Å². The minimum absolute atomic E-state index is 0.236. The third kappa shape index (κ3) is 3.45. The van der Waals surface area contributed by atoms with Gasteiger partial charge in [0.15, 0.2) is 5.13 Å². The first-order valence-electron chi connectivity index (χ1n) is 7.31. The highest BCUT2D eigenvalue weighted by Gasteiger charge is 2.19. The maximum Gasteiger partial charge on any atom is 0.183 e. The van der Waals surface area contributed by atoms with Crippen LogP contribution in [0.4, 0.5) is 5.13 Å². The van der Waals surface area contributed by atoms with Crippen LogP contribution in [0.5, 0.6) is 5.75 Å². The molecular formula is C15H21N3O2S. The van der Waals surface area contributed by atoms with Gasteiger partial charge in [-0.15, -0.1) is 0 Å². The van der Waals surface area contributed by atoms with Gasteiger partial charge in [-0.3, -0.25) is 4.90 Å². The van der Waals surface area contributed by atoms with Crippen LogP contribution in [0.25, 0.3) is 10.2 Å². The van der Waals surface area contributed by atoms with Gasteiger partial charge in [0.05, 0.1) is 30.0 Å². The molecule has 0 spiro atoms. The minimum Gasteiger partial charge on any atom is -0.497 e. The van der Waals surface area contributed by atoms with Gasteiger partial charge in [0.25, 0.3) is 0 Å². The van der Waals surface area contributed by atoms with Crippen LogP contribution in [-0.2, 0) is 4.74 Å². The van der Waals surface area contributed by atoms with Crippen molar-refractivity contribution < 1.29 is 9.47 Å². The number of morpholine rings is 1. The van der Waals surface area contributed by atoms with Crippen LogP contribution in [-0.4, -0.2) is 55.9 Å². The van der Waals surface area contributed by atoms with Crippen molar-refractivity contribution in [1.29, 1.82) is 0 Å². The Bertz CT molecular complexity index is 602. The second-order valence-corrected chi connectivity index (χ2v) is 6.15. The van der Waals surface area contributed by atoms with Crippen molar-refractivity contribution in [2.45, 2.75) is 13.0 Å². The standard InChI is InChI=1S/C15H21N3O2S/c1-3-18-6-7-20-12(10-18)9-16-15-17-13-5-4-11(19-2)8-14(13)21-15/h4-5,8,12H,3,6-7,9-10H2,1-2H3,(H,16,17). The second-order valence-electron chi connectivity index (χ2n) is 5.12. The monoisotopic (exact) mass is 307 g/mol. The maximum atomic E-state index is 5.80. The average molecular weight is 307 g/mol. The van der Waals surface area contributed by atoms with Crippen molar-refractivity contribution in [1.82, 2.24) is 9.88 Å². The molecule has 114 valence electrons. The highest BCUT2D eigenvalue weighted by molar-refractivity contribution is 7.22. The van der Waals surface area contributed by atoms with Crippen LogP contribution in [0.2, 0.25) is 0 Å². The predicted octanol–water partition coefficient (Wildman–Crippen LogP) is 2.44. The summed E-state index contributed by atoms with van der Waals surface area (Å²) < 4.78 is 12.2. The number of nitrogens with one attached hydrogen (secondary N) is 1. The average Bonchev–Trinajstić information content (AvgIpc) is 2.95. The zero-order chi connectivity index (χ0) is 14.7. The first-order valence-corrected chi connectivity index (χ1v) is 8.12. The summed E-state index contributed by atoms with van der Waals surface area (Å²) in [5, 5.41) is 4.34. The molecule has 0 saturated carbocycles. The highest BCUT2D eigenvalue weighted by Crippen LogP contribution is 2.29. The Morgan fingerprint density at radius 1 is 1.52 bits per heavy atom. The number of thiazole rings is 1. The molecule has 2 aromatic rings. The Morgan fingerprint density at radius 3 is 3.24 bits per heavy atom. The van der Waals surface area contributed by atoms with Crippen LogP contribution in [0.3, 0.4) is 0 Å². The van der Waals surface area contributed by atoms with E-state index < -0.39 is 0 Å². The molecule has 5 nitrogen and oxygen atoms in total. The quantitative estimate of drug-likeness (QED) is 0.919. The summed E-state index contributed by atoms with van der Waals surface area (Å²) in [5.74, 6) is 0.868. The SMILES string of the molecule is CCN1CCOC(CNc2nc3ccc(OC)cc3s2)C1. The van der Waals surface area contributed by atoms with Gasteiger partial charge in [0.2, 0.25) is 0 Å². The summed E-state index contributed by atoms with van der Waals surface area (Å²) in [5.41, 5.74) is 1.00. The summed E-state index contributed by atoms with van der Waals surface area (Å²) in [6.45, 7) is 6.92. The summed E-state index contributed by atoms with van der Waals surface area (Å²) in [6, 6.07) is 5.95. The van der Waals surface area contributed by atoms with Crippen molar-refractivity contribution in [3.05, 3.63) is 18.2 Å². The molecule has 0 radical (unpaired) electrons. The van der Waals surface area contributed by atoms with E-state index in [1.54, 1.807) is 18.4 Å². The van der Waals surface area contributed by atoms with Crippen molar-refractivity contribution in [2.75, 3.05) is 45.2 Å². The van der Waals surface area contributed by atoms with Crippen LogP contribution in [0.1, 0.15) is 6.92 Å². The minimum atomic E-state index is 0.236. The number of hydrogen-bond acceptors (Lipinski definition) is 6. The molecule has 0 amide bonds.